The number of rotatable bonds is 7. The molecule has 0 radical (unpaired) electrons. The van der Waals surface area contributed by atoms with Crippen LogP contribution in [0.3, 0.4) is 0 Å². The molecule has 6 rings (SSSR count). The SMILES string of the molecule is C=CC(=O)N1[C@H](C)CC(Oc2ncc3ncnc(Nc4ccc(Oc5ccc6c(c5)ncn6C)c(C)c4)c3n2)C[C@@H]1C. The van der Waals surface area contributed by atoms with Crippen molar-refractivity contribution >= 4 is 39.5 Å². The summed E-state index contributed by atoms with van der Waals surface area (Å²) in [5.41, 5.74) is 4.83. The number of likely N-dealkylation sites (tertiary alicyclic amines) is 1. The van der Waals surface area contributed by atoms with Gasteiger partial charge in [-0.1, -0.05) is 6.58 Å². The first-order chi connectivity index (χ1) is 20.3. The molecule has 1 amide bonds. The van der Waals surface area contributed by atoms with Gasteiger partial charge in [-0.05, 0) is 62.7 Å². The lowest BCUT2D eigenvalue weighted by Gasteiger charge is -2.41. The van der Waals surface area contributed by atoms with Crippen molar-refractivity contribution in [3.8, 4) is 17.5 Å². The molecule has 1 N–H and O–H groups in total. The van der Waals surface area contributed by atoms with Crippen molar-refractivity contribution in [3.05, 3.63) is 73.5 Å². The molecule has 2 aromatic carbocycles. The van der Waals surface area contributed by atoms with Crippen LogP contribution in [0.5, 0.6) is 17.5 Å². The summed E-state index contributed by atoms with van der Waals surface area (Å²) in [4.78, 5) is 36.3. The number of benzene rings is 2. The van der Waals surface area contributed by atoms with E-state index in [-0.39, 0.29) is 30.1 Å². The first-order valence-electron chi connectivity index (χ1n) is 13.8. The first-order valence-corrected chi connectivity index (χ1v) is 13.8. The topological polar surface area (TPSA) is 120 Å². The Morgan fingerprint density at radius 1 is 1.05 bits per heavy atom. The van der Waals surface area contributed by atoms with E-state index in [1.165, 1.54) is 12.4 Å². The zero-order valence-electron chi connectivity index (χ0n) is 24.0. The molecule has 3 atom stereocenters. The monoisotopic (exact) mass is 564 g/mol. The molecule has 1 aliphatic rings. The number of imidazole rings is 1. The summed E-state index contributed by atoms with van der Waals surface area (Å²) < 4.78 is 14.3. The highest BCUT2D eigenvalue weighted by atomic mass is 16.5. The molecule has 0 saturated carbocycles. The normalized spacial score (nSPS) is 18.7. The third kappa shape index (κ3) is 5.32. The largest absolute Gasteiger partial charge is 0.460 e. The van der Waals surface area contributed by atoms with Gasteiger partial charge in [-0.2, -0.15) is 4.98 Å². The fraction of sp³-hybridized carbons (Fsp3) is 0.290. The second-order valence-corrected chi connectivity index (χ2v) is 10.7. The summed E-state index contributed by atoms with van der Waals surface area (Å²) in [6.45, 7) is 9.64. The number of fused-ring (bicyclic) bond motifs is 2. The predicted octanol–water partition coefficient (Wildman–Crippen LogP) is 5.48. The number of anilines is 2. The molecule has 5 aromatic rings. The van der Waals surface area contributed by atoms with Crippen molar-refractivity contribution < 1.29 is 14.3 Å². The van der Waals surface area contributed by atoms with Gasteiger partial charge < -0.3 is 24.3 Å². The Morgan fingerprint density at radius 2 is 1.86 bits per heavy atom. The summed E-state index contributed by atoms with van der Waals surface area (Å²) >= 11 is 0. The standard InChI is InChI=1S/C31H32N8O3/c1-6-28(40)39-19(3)12-23(13-20(39)4)42-31-32-15-25-29(37-31)30(34-16-33-25)36-21-7-10-27(18(2)11-21)41-22-8-9-26-24(14-22)35-17-38(26)5/h6-11,14-17,19-20,23H,1,12-13H2,2-5H3,(H,33,34,36)/t19-,20+,23?. The summed E-state index contributed by atoms with van der Waals surface area (Å²) in [6.07, 6.45) is 7.47. The number of carbonyl (C=O) groups excluding carboxylic acids is 1. The third-order valence-electron chi connectivity index (χ3n) is 7.58. The van der Waals surface area contributed by atoms with Crippen LogP contribution in [0.25, 0.3) is 22.1 Å². The van der Waals surface area contributed by atoms with Crippen LogP contribution in [0.15, 0.2) is 67.9 Å². The maximum atomic E-state index is 12.3. The molecule has 11 nitrogen and oxygen atoms in total. The van der Waals surface area contributed by atoms with Crippen LogP contribution in [0.4, 0.5) is 11.5 Å². The van der Waals surface area contributed by atoms with E-state index >= 15 is 0 Å². The van der Waals surface area contributed by atoms with E-state index in [0.29, 0.717) is 29.7 Å². The summed E-state index contributed by atoms with van der Waals surface area (Å²) in [5.74, 6) is 1.93. The van der Waals surface area contributed by atoms with Gasteiger partial charge in [-0.15, -0.1) is 0 Å². The molecule has 1 aliphatic heterocycles. The van der Waals surface area contributed by atoms with Crippen LogP contribution in [0, 0.1) is 6.92 Å². The number of nitrogens with one attached hydrogen (secondary N) is 1. The Bertz CT molecular complexity index is 1790. The van der Waals surface area contributed by atoms with Crippen LogP contribution in [-0.4, -0.2) is 58.5 Å². The predicted molar refractivity (Wildman–Crippen MR) is 160 cm³/mol. The minimum atomic E-state index is -0.129. The fourth-order valence-electron chi connectivity index (χ4n) is 5.57. The second kappa shape index (κ2) is 11.1. The van der Waals surface area contributed by atoms with Crippen molar-refractivity contribution in [2.24, 2.45) is 7.05 Å². The van der Waals surface area contributed by atoms with E-state index in [4.69, 9.17) is 9.47 Å². The maximum absolute atomic E-state index is 12.3. The van der Waals surface area contributed by atoms with E-state index in [2.05, 4.69) is 36.8 Å². The van der Waals surface area contributed by atoms with E-state index < -0.39 is 0 Å². The van der Waals surface area contributed by atoms with Crippen LogP contribution in [0.2, 0.25) is 0 Å². The molecule has 0 aliphatic carbocycles. The first kappa shape index (κ1) is 27.1. The Morgan fingerprint density at radius 3 is 2.62 bits per heavy atom. The molecule has 3 aromatic heterocycles. The van der Waals surface area contributed by atoms with Crippen molar-refractivity contribution in [3.63, 3.8) is 0 Å². The van der Waals surface area contributed by atoms with Crippen LogP contribution >= 0.6 is 0 Å². The van der Waals surface area contributed by atoms with Gasteiger partial charge >= 0.3 is 6.01 Å². The lowest BCUT2D eigenvalue weighted by atomic mass is 9.94. The summed E-state index contributed by atoms with van der Waals surface area (Å²) in [6, 6.07) is 12.0. The molecule has 1 fully saturated rings. The van der Waals surface area contributed by atoms with Gasteiger partial charge in [0.25, 0.3) is 0 Å². The van der Waals surface area contributed by atoms with Crippen LogP contribution in [-0.2, 0) is 11.8 Å². The number of aromatic nitrogens is 6. The molecule has 1 saturated heterocycles. The van der Waals surface area contributed by atoms with E-state index in [1.54, 1.807) is 12.5 Å². The Labute approximate surface area is 243 Å². The highest BCUT2D eigenvalue weighted by molar-refractivity contribution is 5.88. The molecule has 0 bridgehead atoms. The molecule has 42 heavy (non-hydrogen) atoms. The number of ether oxygens (including phenoxy) is 2. The molecule has 214 valence electrons. The number of hydrogen-bond acceptors (Lipinski definition) is 9. The molecule has 4 heterocycles. The van der Waals surface area contributed by atoms with Gasteiger partial charge in [0.15, 0.2) is 5.82 Å². The van der Waals surface area contributed by atoms with Gasteiger partial charge in [0.1, 0.15) is 35.0 Å². The Balaban J connectivity index is 1.18. The smallest absolute Gasteiger partial charge is 0.317 e. The van der Waals surface area contributed by atoms with Gasteiger partial charge in [0.05, 0.1) is 23.6 Å². The molecule has 11 heteroatoms. The summed E-state index contributed by atoms with van der Waals surface area (Å²) in [5, 5.41) is 3.36. The number of piperidine rings is 1. The van der Waals surface area contributed by atoms with Crippen LogP contribution < -0.4 is 14.8 Å². The summed E-state index contributed by atoms with van der Waals surface area (Å²) in [7, 11) is 1.96. The third-order valence-corrected chi connectivity index (χ3v) is 7.58. The van der Waals surface area contributed by atoms with E-state index in [9.17, 15) is 4.79 Å². The lowest BCUT2D eigenvalue weighted by molar-refractivity contribution is -0.133. The maximum Gasteiger partial charge on any atom is 0.317 e. The van der Waals surface area contributed by atoms with Crippen LogP contribution in [0.1, 0.15) is 32.3 Å². The van der Waals surface area contributed by atoms with Gasteiger partial charge in [0, 0.05) is 43.7 Å². The molecular weight excluding hydrogens is 532 g/mol. The quantitative estimate of drug-likeness (QED) is 0.256. The minimum Gasteiger partial charge on any atom is -0.460 e. The molecular formula is C31H32N8O3. The van der Waals surface area contributed by atoms with Crippen molar-refractivity contribution in [2.75, 3.05) is 5.32 Å². The van der Waals surface area contributed by atoms with Gasteiger partial charge in [0.2, 0.25) is 5.91 Å². The van der Waals surface area contributed by atoms with E-state index in [0.717, 1.165) is 33.8 Å². The van der Waals surface area contributed by atoms with Crippen molar-refractivity contribution in [1.29, 1.82) is 0 Å². The minimum absolute atomic E-state index is 0.0124. The highest BCUT2D eigenvalue weighted by Gasteiger charge is 2.34. The zero-order chi connectivity index (χ0) is 29.4. The fourth-order valence-corrected chi connectivity index (χ4v) is 5.57. The number of nitrogens with zero attached hydrogens (tertiary/aromatic N) is 7. The molecule has 0 spiro atoms. The number of carbonyl (C=O) groups is 1. The number of hydrogen-bond donors (Lipinski definition) is 1. The Hall–Kier alpha value is -5.06. The van der Waals surface area contributed by atoms with Gasteiger partial charge in [-0.25, -0.2) is 19.9 Å². The van der Waals surface area contributed by atoms with Crippen molar-refractivity contribution in [2.45, 2.75) is 51.8 Å². The molecule has 1 unspecified atom stereocenters. The van der Waals surface area contributed by atoms with Gasteiger partial charge in [-0.3, -0.25) is 4.79 Å². The second-order valence-electron chi connectivity index (χ2n) is 10.7. The average molecular weight is 565 g/mol. The number of amides is 1. The van der Waals surface area contributed by atoms with E-state index in [1.807, 2.05) is 73.7 Å². The highest BCUT2D eigenvalue weighted by Crippen LogP contribution is 2.31. The average Bonchev–Trinajstić information content (AvgIpc) is 3.34. The Kier molecular flexibility index (Phi) is 7.15. The van der Waals surface area contributed by atoms with Crippen molar-refractivity contribution in [1.82, 2.24) is 34.4 Å². The zero-order valence-corrected chi connectivity index (χ0v) is 24.0. The lowest BCUT2D eigenvalue weighted by Crippen LogP contribution is -2.51. The number of aryl methyl sites for hydroxylation is 2.